The Hall–Kier alpha value is -5.88. The lowest BCUT2D eigenvalue weighted by Gasteiger charge is -2.53. The normalized spacial score (nSPS) is 18.3. The maximum Gasteiger partial charge on any atom is 0.268 e. The van der Waals surface area contributed by atoms with E-state index in [1.165, 1.54) is 154 Å². The number of quaternary nitrogens is 1. The number of aromatic nitrogens is 3. The maximum absolute atomic E-state index is 12.8. The molecule has 6 aromatic rings. The van der Waals surface area contributed by atoms with Crippen molar-refractivity contribution in [2.75, 3.05) is 113 Å². The first kappa shape index (κ1) is 101. The van der Waals surface area contributed by atoms with Crippen LogP contribution in [-0.2, 0) is 43.9 Å². The first-order valence-corrected chi connectivity index (χ1v) is 46.0. The van der Waals surface area contributed by atoms with Crippen LogP contribution in [-0.4, -0.2) is 204 Å². The number of aliphatic hydroxyl groups is 4. The van der Waals surface area contributed by atoms with E-state index in [0.717, 1.165) is 85.4 Å². The van der Waals surface area contributed by atoms with Gasteiger partial charge in [-0.25, -0.2) is 10.5 Å². The number of phosphoric ester groups is 1. The summed E-state index contributed by atoms with van der Waals surface area (Å²) in [4.78, 5) is 72.4. The number of phosphoric acid groups is 1. The van der Waals surface area contributed by atoms with Crippen LogP contribution in [0, 0.1) is 39.1 Å². The molecule has 1 aliphatic heterocycles. The molecule has 4 unspecified atom stereocenters. The van der Waals surface area contributed by atoms with Gasteiger partial charge in [0, 0.05) is 96.0 Å². The number of thioether (sulfide) groups is 1. The van der Waals surface area contributed by atoms with Gasteiger partial charge in [0.2, 0.25) is 17.7 Å². The van der Waals surface area contributed by atoms with Crippen molar-refractivity contribution in [2.24, 2.45) is 35.5 Å². The number of hydrogen-bond acceptors (Lipinski definition) is 18. The summed E-state index contributed by atoms with van der Waals surface area (Å²) < 4.78 is 35.3. The Balaban J connectivity index is 0.000000271. The van der Waals surface area contributed by atoms with Gasteiger partial charge in [-0.15, -0.1) is 0 Å². The smallest absolute Gasteiger partial charge is 0.268 e. The van der Waals surface area contributed by atoms with Crippen molar-refractivity contribution < 1.29 is 77.3 Å². The fourth-order valence-electron chi connectivity index (χ4n) is 15.3. The number of amides is 3. The number of hydrogen-bond donors (Lipinski definition) is 10. The molecule has 4 bridgehead atoms. The van der Waals surface area contributed by atoms with Gasteiger partial charge in [-0.3, -0.25) is 33.9 Å². The molecule has 648 valence electrons. The minimum Gasteiger partial charge on any atom is -0.756 e. The average molecular weight is 1760 g/mol. The van der Waals surface area contributed by atoms with E-state index >= 15 is 0 Å². The minimum absolute atomic E-state index is 0.0471. The molecule has 1 saturated heterocycles. The zero-order chi connectivity index (χ0) is 84.6. The van der Waals surface area contributed by atoms with Gasteiger partial charge in [-0.05, 0) is 181 Å². The molecule has 3 amide bonds. The fourth-order valence-corrected chi connectivity index (χ4v) is 17.5. The third kappa shape index (κ3) is 40.0. The number of likely N-dealkylation sites (tertiary alicyclic amines) is 1. The van der Waals surface area contributed by atoms with Crippen LogP contribution < -0.4 is 25.7 Å². The molecule has 116 heavy (non-hydrogen) atoms. The summed E-state index contributed by atoms with van der Waals surface area (Å²) >= 11 is 4.23. The number of imidazole rings is 1. The summed E-state index contributed by atoms with van der Waals surface area (Å²) in [7, 11) is 4.87. The molecule has 6 atom stereocenters. The van der Waals surface area contributed by atoms with E-state index in [9.17, 15) is 33.7 Å². The molecule has 0 radical (unpaired) electrons. The van der Waals surface area contributed by atoms with Gasteiger partial charge < -0.3 is 68.9 Å². The van der Waals surface area contributed by atoms with Gasteiger partial charge in [-0.1, -0.05) is 184 Å². The summed E-state index contributed by atoms with van der Waals surface area (Å²) in [5.74, 6) is 2.71. The van der Waals surface area contributed by atoms with Crippen molar-refractivity contribution in [3.05, 3.63) is 154 Å². The second kappa shape index (κ2) is 56.6. The van der Waals surface area contributed by atoms with Gasteiger partial charge in [0.15, 0.2) is 0 Å². The van der Waals surface area contributed by atoms with Gasteiger partial charge in [-0.2, -0.15) is 11.8 Å². The van der Waals surface area contributed by atoms with Crippen LogP contribution >= 0.6 is 42.2 Å². The molecule has 5 aliphatic rings. The number of likely N-dealkylation sites (N-methyl/N-ethyl adjacent to an activating group) is 2. The van der Waals surface area contributed by atoms with E-state index in [4.69, 9.17) is 39.0 Å². The van der Waals surface area contributed by atoms with Crippen molar-refractivity contribution >= 4 is 87.7 Å². The number of aliphatic hydroxyl groups excluding tert-OH is 3. The largest absolute Gasteiger partial charge is 0.756 e. The predicted octanol–water partition coefficient (Wildman–Crippen LogP) is 15.2. The van der Waals surface area contributed by atoms with Crippen molar-refractivity contribution in [3.63, 3.8) is 0 Å². The predicted molar refractivity (Wildman–Crippen MR) is 473 cm³/mol. The molecular formula is C90H140IN8O15PS. The average Bonchev–Trinajstić information content (AvgIpc) is 0.937. The zero-order valence-electron chi connectivity index (χ0n) is 70.8. The van der Waals surface area contributed by atoms with E-state index in [1.807, 2.05) is 77.2 Å². The highest BCUT2D eigenvalue weighted by atomic mass is 127. The van der Waals surface area contributed by atoms with Crippen LogP contribution in [0.25, 0.3) is 22.0 Å². The zero-order valence-corrected chi connectivity index (χ0v) is 74.7. The number of nitrogens with zero attached hydrogens (tertiary/aromatic N) is 3. The first-order chi connectivity index (χ1) is 55.8. The Bertz CT molecular complexity index is 3690. The number of hydroxylamine groups is 1. The number of halogens is 1. The number of ether oxygens (including phenoxy) is 2. The molecule has 3 heterocycles. The highest BCUT2D eigenvalue weighted by molar-refractivity contribution is 14.1. The third-order valence-electron chi connectivity index (χ3n) is 21.3. The molecule has 10 N–H and O–H groups in total. The Morgan fingerprint density at radius 2 is 1.37 bits per heavy atom. The molecule has 0 spiro atoms. The topological polar surface area (TPSA) is 330 Å². The molecule has 11 rings (SSSR count). The fraction of sp³-hybridized carbons (Fsp3) is 0.611. The highest BCUT2D eigenvalue weighted by Gasteiger charge is 2.54. The number of fused-ring (bicyclic) bond motifs is 1. The van der Waals surface area contributed by atoms with Crippen molar-refractivity contribution in [3.8, 4) is 5.75 Å². The molecule has 4 saturated carbocycles. The SMILES string of the molecule is CC/C(=C(\c1ccc(I)cc1)c1ccc(OCCN2CCCC2)cc1)c1ccccc1.CCCCCCCCCCCCCCCCSCC(COC)COP(=O)([O-])OCC[N+](C)(C)C.CNC(=O)[C@H](Cc1c[nH]c2ccccc12)NC(=O)[C@@H](CC(=O)NO)CC(C)C.O=C1C2CC3CC1CC(O)(C3)C2.OCC(O)CO.c1c[nH]cn1. The van der Waals surface area contributed by atoms with Crippen LogP contribution in [0.3, 0.4) is 0 Å². The summed E-state index contributed by atoms with van der Waals surface area (Å²) in [6.07, 6.45) is 34.0. The maximum atomic E-state index is 12.8. The quantitative estimate of drug-likeness (QED) is 0.00323. The van der Waals surface area contributed by atoms with Gasteiger partial charge in [0.05, 0.1) is 59.5 Å². The van der Waals surface area contributed by atoms with E-state index in [2.05, 4.69) is 146 Å². The number of H-pyrrole nitrogens is 2. The second-order valence-electron chi connectivity index (χ2n) is 32.6. The Morgan fingerprint density at radius 3 is 1.89 bits per heavy atom. The molecule has 26 heteroatoms. The number of ketones is 1. The van der Waals surface area contributed by atoms with E-state index in [0.29, 0.717) is 42.2 Å². The monoisotopic (exact) mass is 1760 g/mol. The van der Waals surface area contributed by atoms with Crippen LogP contribution in [0.5, 0.6) is 5.75 Å². The summed E-state index contributed by atoms with van der Waals surface area (Å²) in [5.41, 5.74) is 9.43. The Labute approximate surface area is 710 Å². The number of nitrogens with one attached hydrogen (secondary N) is 5. The van der Waals surface area contributed by atoms with Gasteiger partial charge >= 0.3 is 0 Å². The summed E-state index contributed by atoms with van der Waals surface area (Å²) in [5, 5.41) is 49.2. The standard InChI is InChI=1S/C28H30INO.C26H56NO5PS.C20H28N4O4.C10H14O2.C3H4N2.C3H8O3/c1-2-27(22-8-4-3-5-9-22)28(23-10-14-25(29)15-11-23)24-12-16-26(17-13-24)31-21-20-30-18-6-7-19-30;1-6-7-8-9-10-11-12-13-14-15-16-17-18-19-22-34-25-26(23-30-5)24-32-33(28,29)31-21-20-27(2,3)4;1-12(2)8-13(10-18(25)24-28)19(26)23-17(20(27)21-3)9-14-11-22-16-7-5-4-6-15(14)16;11-9-7-1-6-2-8(9)5-10(12,3-6)4-7;1-2-5-3-4-1;4-1-3(6)2-5/h3-5,8-17H,2,6-7,18-21H2,1H3;26H,6-25H2,1-5H3;4-7,11-13,17,22,28H,8-10H2,1-3H3,(H,21,27)(H,23,26)(H,24,25);6-8,12H,1-5H2;1-3H,(H,4,5);3-6H,1-2H2/b28-27-;;;;;/t;;13-,17+;;;/m..1.../s1. The summed E-state index contributed by atoms with van der Waals surface area (Å²) in [6.45, 7) is 13.2. The lowest BCUT2D eigenvalue weighted by Crippen LogP contribution is -2.54. The number of allylic oxidation sites excluding steroid dienone is 1. The molecule has 2 aromatic heterocycles. The number of rotatable bonds is 45. The second-order valence-corrected chi connectivity index (χ2v) is 36.4. The van der Waals surface area contributed by atoms with Crippen LogP contribution in [0.15, 0.2) is 128 Å². The number of para-hydroxylation sites is 1. The molecule has 23 nitrogen and oxygen atoms in total. The Kier molecular flexibility index (Phi) is 49.1. The third-order valence-corrected chi connectivity index (χ3v) is 24.2. The number of Topliss-reactive ketones (excluding diaryl/α,β-unsaturated/α-hetero) is 1. The van der Waals surface area contributed by atoms with Gasteiger partial charge in [0.1, 0.15) is 43.4 Å². The molecule has 4 aliphatic carbocycles. The van der Waals surface area contributed by atoms with Crippen molar-refractivity contribution in [2.45, 2.75) is 206 Å². The summed E-state index contributed by atoms with van der Waals surface area (Å²) in [6, 6.07) is 35.2. The lowest BCUT2D eigenvalue weighted by atomic mass is 9.54. The number of methoxy groups -OCH3 is 1. The molecule has 5 fully saturated rings. The number of aromatic amines is 2. The van der Waals surface area contributed by atoms with Crippen LogP contribution in [0.4, 0.5) is 0 Å². The van der Waals surface area contributed by atoms with Crippen LogP contribution in [0.1, 0.15) is 204 Å². The van der Waals surface area contributed by atoms with Crippen molar-refractivity contribution in [1.29, 1.82) is 0 Å². The van der Waals surface area contributed by atoms with E-state index < -0.39 is 37.4 Å². The van der Waals surface area contributed by atoms with Crippen LogP contribution in [0.2, 0.25) is 0 Å². The Morgan fingerprint density at radius 1 is 0.776 bits per heavy atom. The van der Waals surface area contributed by atoms with E-state index in [1.54, 1.807) is 31.3 Å². The lowest BCUT2D eigenvalue weighted by molar-refractivity contribution is -0.870. The van der Waals surface area contributed by atoms with Crippen molar-refractivity contribution in [1.82, 2.24) is 36.0 Å². The molecular weight excluding hydrogens is 1620 g/mol. The van der Waals surface area contributed by atoms with E-state index in [-0.39, 0.29) is 68.3 Å². The number of benzene rings is 4. The molecule has 4 aromatic carbocycles. The minimum atomic E-state index is -4.26. The highest BCUT2D eigenvalue weighted by Crippen LogP contribution is 2.54. The first-order valence-electron chi connectivity index (χ1n) is 42.3. The number of carbonyl (C=O) groups excluding carboxylic acids is 4. The van der Waals surface area contributed by atoms with Gasteiger partial charge in [0.25, 0.3) is 7.82 Å². The number of unbranched alkanes of at least 4 members (excludes halogenated alkanes) is 13. The number of carbonyl (C=O) groups is 4.